The first kappa shape index (κ1) is 73.3. The van der Waals surface area contributed by atoms with E-state index in [1.54, 1.807) is 6.08 Å². The third kappa shape index (κ3) is 35.3. The SMILES string of the molecule is CC/C=C\C/C=C\C/C=C\C/C=C\CCC(=O)NC(COC1OC(CO)C(OC2OC(CO)C(O)C(O)C2O)C(O)C1O)C(O)/C=C/CC/C=C/CC/C=C/CCCCCCCCCCCCCCCCCCCCCCCCC. The van der Waals surface area contributed by atoms with Crippen molar-refractivity contribution >= 4 is 5.91 Å². The van der Waals surface area contributed by atoms with E-state index in [0.29, 0.717) is 12.8 Å². The Morgan fingerprint density at radius 2 is 0.875 bits per heavy atom. The third-order valence-electron chi connectivity index (χ3n) is 15.1. The van der Waals surface area contributed by atoms with E-state index in [2.05, 4.69) is 79.9 Å². The lowest BCUT2D eigenvalue weighted by Crippen LogP contribution is -2.65. The van der Waals surface area contributed by atoms with Gasteiger partial charge in [0, 0.05) is 6.42 Å². The van der Waals surface area contributed by atoms with Gasteiger partial charge in [0.05, 0.1) is 32.0 Å². The van der Waals surface area contributed by atoms with E-state index in [9.17, 15) is 45.6 Å². The summed E-state index contributed by atoms with van der Waals surface area (Å²) >= 11 is 0. The minimum absolute atomic E-state index is 0.145. The summed E-state index contributed by atoms with van der Waals surface area (Å²) in [5.41, 5.74) is 0. The fraction of sp³-hybridized carbons (Fsp3) is 0.773. The summed E-state index contributed by atoms with van der Waals surface area (Å²) < 4.78 is 22.7. The number of aliphatic hydroxyl groups excluding tert-OH is 8. The fourth-order valence-corrected chi connectivity index (χ4v) is 9.98. The smallest absolute Gasteiger partial charge is 0.220 e. The van der Waals surface area contributed by atoms with E-state index in [0.717, 1.165) is 51.4 Å². The van der Waals surface area contributed by atoms with Crippen LogP contribution in [-0.2, 0) is 23.7 Å². The molecule has 0 aliphatic carbocycles. The van der Waals surface area contributed by atoms with Gasteiger partial charge in [0.1, 0.15) is 48.8 Å². The minimum Gasteiger partial charge on any atom is -0.394 e. The molecule has 80 heavy (non-hydrogen) atoms. The molecule has 462 valence electrons. The van der Waals surface area contributed by atoms with Crippen LogP contribution in [0.1, 0.15) is 232 Å². The van der Waals surface area contributed by atoms with Crippen LogP contribution in [0.15, 0.2) is 85.1 Å². The van der Waals surface area contributed by atoms with Crippen molar-refractivity contribution in [3.63, 3.8) is 0 Å². The van der Waals surface area contributed by atoms with Gasteiger partial charge in [-0.2, -0.15) is 0 Å². The highest BCUT2D eigenvalue weighted by atomic mass is 16.7. The van der Waals surface area contributed by atoms with Crippen molar-refractivity contribution in [1.82, 2.24) is 5.32 Å². The largest absolute Gasteiger partial charge is 0.394 e. The van der Waals surface area contributed by atoms with E-state index < -0.39 is 86.8 Å². The van der Waals surface area contributed by atoms with E-state index in [1.807, 2.05) is 18.2 Å². The quantitative estimate of drug-likeness (QED) is 0.0204. The number of unbranched alkanes of at least 4 members (excludes halogenated alkanes) is 25. The highest BCUT2D eigenvalue weighted by molar-refractivity contribution is 5.76. The van der Waals surface area contributed by atoms with Crippen molar-refractivity contribution in [1.29, 1.82) is 0 Å². The molecule has 12 atom stereocenters. The van der Waals surface area contributed by atoms with Gasteiger partial charge in [0.25, 0.3) is 0 Å². The molecule has 0 aromatic carbocycles. The zero-order valence-corrected chi connectivity index (χ0v) is 49.8. The van der Waals surface area contributed by atoms with Crippen LogP contribution in [0.25, 0.3) is 0 Å². The number of allylic oxidation sites excluding steroid dienone is 13. The van der Waals surface area contributed by atoms with Crippen LogP contribution in [0, 0.1) is 0 Å². The summed E-state index contributed by atoms with van der Waals surface area (Å²) in [4.78, 5) is 13.2. The summed E-state index contributed by atoms with van der Waals surface area (Å²) in [7, 11) is 0. The van der Waals surface area contributed by atoms with Gasteiger partial charge in [-0.25, -0.2) is 0 Å². The maximum absolute atomic E-state index is 13.2. The number of hydrogen-bond donors (Lipinski definition) is 9. The molecular weight excluding hydrogens is 1010 g/mol. The van der Waals surface area contributed by atoms with Gasteiger partial charge in [-0.05, 0) is 70.6 Å². The molecule has 1 amide bonds. The molecule has 2 rings (SSSR count). The number of carbonyl (C=O) groups excluding carboxylic acids is 1. The highest BCUT2D eigenvalue weighted by Gasteiger charge is 2.51. The summed E-state index contributed by atoms with van der Waals surface area (Å²) in [6, 6.07) is -0.981. The Morgan fingerprint density at radius 1 is 0.463 bits per heavy atom. The number of ether oxygens (including phenoxy) is 4. The van der Waals surface area contributed by atoms with Crippen LogP contribution in [0.4, 0.5) is 0 Å². The maximum Gasteiger partial charge on any atom is 0.220 e. The van der Waals surface area contributed by atoms with Gasteiger partial charge >= 0.3 is 0 Å². The van der Waals surface area contributed by atoms with Crippen LogP contribution in [-0.4, -0.2) is 140 Å². The fourth-order valence-electron chi connectivity index (χ4n) is 9.98. The molecule has 12 unspecified atom stereocenters. The molecule has 2 saturated heterocycles. The van der Waals surface area contributed by atoms with Crippen molar-refractivity contribution in [3.05, 3.63) is 85.1 Å². The van der Waals surface area contributed by atoms with Crippen molar-refractivity contribution in [3.8, 4) is 0 Å². The average Bonchev–Trinajstić information content (AvgIpc) is 3.47. The van der Waals surface area contributed by atoms with Crippen LogP contribution < -0.4 is 5.32 Å². The zero-order valence-electron chi connectivity index (χ0n) is 49.8. The van der Waals surface area contributed by atoms with E-state index in [-0.39, 0.29) is 18.9 Å². The summed E-state index contributed by atoms with van der Waals surface area (Å²) in [5.74, 6) is -0.335. The van der Waals surface area contributed by atoms with Crippen LogP contribution in [0.2, 0.25) is 0 Å². The standard InChI is InChI=1S/C66H115NO13/c1-3-5-7-9-11-13-15-17-18-19-20-21-22-23-24-25-26-27-28-29-30-31-32-33-34-35-36-38-39-41-43-45-47-49-55(70)54(67-58(71)50-48-46-44-42-40-37-16-14-12-10-8-6-4-2)53-77-65-63(76)61(74)64(57(52-69)79-65)80-66-62(75)60(73)59(72)56(51-68)78-66/h6,8,12,14,34-35,37,39-41,44,46-47,49,54-57,59-66,68-70,72-76H,3-5,7,9-11,13,15-33,36,38,42-43,45,48,50-53H2,1-2H3,(H,67,71)/b8-6-,14-12-,35-34+,40-37-,41-39+,46-44-,49-47+. The Labute approximate surface area is 484 Å². The molecule has 0 spiro atoms. The number of hydrogen-bond acceptors (Lipinski definition) is 13. The van der Waals surface area contributed by atoms with E-state index in [1.165, 1.54) is 148 Å². The molecule has 0 bridgehead atoms. The molecular formula is C66H115NO13. The molecule has 14 nitrogen and oxygen atoms in total. The Bertz CT molecular complexity index is 1660. The second-order valence-corrected chi connectivity index (χ2v) is 22.1. The lowest BCUT2D eigenvalue weighted by Gasteiger charge is -2.46. The molecule has 0 aromatic rings. The van der Waals surface area contributed by atoms with E-state index in [4.69, 9.17) is 18.9 Å². The average molecular weight is 1130 g/mol. The normalized spacial score (nSPS) is 24.8. The van der Waals surface area contributed by atoms with Gasteiger partial charge in [0.2, 0.25) is 5.91 Å². The molecule has 0 aromatic heterocycles. The summed E-state index contributed by atoms with van der Waals surface area (Å²) in [6.07, 6.45) is 52.6. The predicted molar refractivity (Wildman–Crippen MR) is 323 cm³/mol. The van der Waals surface area contributed by atoms with Crippen LogP contribution in [0.3, 0.4) is 0 Å². The number of rotatable bonds is 50. The van der Waals surface area contributed by atoms with Crippen LogP contribution in [0.5, 0.6) is 0 Å². The number of amides is 1. The Morgan fingerprint density at radius 3 is 1.36 bits per heavy atom. The summed E-state index contributed by atoms with van der Waals surface area (Å²) in [5, 5.41) is 86.9. The number of nitrogens with one attached hydrogen (secondary N) is 1. The van der Waals surface area contributed by atoms with Crippen molar-refractivity contribution in [2.75, 3.05) is 19.8 Å². The molecule has 2 heterocycles. The molecule has 2 aliphatic rings. The zero-order chi connectivity index (χ0) is 58.1. The molecule has 2 aliphatic heterocycles. The van der Waals surface area contributed by atoms with Gasteiger partial charge in [-0.3, -0.25) is 4.79 Å². The second kappa shape index (κ2) is 50.7. The topological polar surface area (TPSA) is 228 Å². The molecule has 2 fully saturated rings. The van der Waals surface area contributed by atoms with Crippen molar-refractivity contribution in [2.45, 2.75) is 306 Å². The van der Waals surface area contributed by atoms with Gasteiger partial charge in [-0.15, -0.1) is 0 Å². The van der Waals surface area contributed by atoms with E-state index >= 15 is 0 Å². The number of carbonyl (C=O) groups is 1. The highest BCUT2D eigenvalue weighted by Crippen LogP contribution is 2.30. The minimum atomic E-state index is -1.80. The monoisotopic (exact) mass is 1130 g/mol. The second-order valence-electron chi connectivity index (χ2n) is 22.1. The molecule has 9 N–H and O–H groups in total. The lowest BCUT2D eigenvalue weighted by molar-refractivity contribution is -0.359. The van der Waals surface area contributed by atoms with Crippen LogP contribution >= 0.6 is 0 Å². The molecule has 0 radical (unpaired) electrons. The van der Waals surface area contributed by atoms with Gasteiger partial charge in [-0.1, -0.05) is 240 Å². The van der Waals surface area contributed by atoms with Gasteiger partial charge < -0.3 is 65.1 Å². The maximum atomic E-state index is 13.2. The number of aliphatic hydroxyl groups is 8. The first-order valence-electron chi connectivity index (χ1n) is 31.8. The Balaban J connectivity index is 1.70. The molecule has 0 saturated carbocycles. The Kier molecular flexibility index (Phi) is 46.4. The van der Waals surface area contributed by atoms with Gasteiger partial charge in [0.15, 0.2) is 12.6 Å². The lowest BCUT2D eigenvalue weighted by atomic mass is 9.97. The first-order chi connectivity index (χ1) is 39.1. The third-order valence-corrected chi connectivity index (χ3v) is 15.1. The molecule has 14 heteroatoms. The summed E-state index contributed by atoms with van der Waals surface area (Å²) in [6.45, 7) is 2.60. The first-order valence-corrected chi connectivity index (χ1v) is 31.8. The van der Waals surface area contributed by atoms with Crippen molar-refractivity contribution < 1.29 is 64.6 Å². The Hall–Kier alpha value is -2.83. The van der Waals surface area contributed by atoms with Crippen molar-refractivity contribution in [2.24, 2.45) is 0 Å². The predicted octanol–water partition coefficient (Wildman–Crippen LogP) is 11.7.